The quantitative estimate of drug-likeness (QED) is 0.149. The second-order valence-corrected chi connectivity index (χ2v) is 20.5. The largest absolute Gasteiger partial charge is 0.501 e. The molecule has 3 aromatic heterocycles. The van der Waals surface area contributed by atoms with Crippen molar-refractivity contribution in [3.05, 3.63) is 248 Å². The number of furan rings is 1. The summed E-state index contributed by atoms with van der Waals surface area (Å²) in [5.41, 5.74) is 19.2. The maximum Gasteiger partial charge on any atom is 0.121 e. The summed E-state index contributed by atoms with van der Waals surface area (Å²) in [5, 5.41) is 2.11. The van der Waals surface area contributed by atoms with Crippen molar-refractivity contribution < 1.29 is 24.5 Å². The first kappa shape index (κ1) is 48.7. The van der Waals surface area contributed by atoms with Crippen LogP contribution in [0.5, 0.6) is 0 Å². The maximum atomic E-state index is 6.83. The minimum Gasteiger partial charge on any atom is -0.501 e. The van der Waals surface area contributed by atoms with Crippen LogP contribution in [0, 0.1) is 12.1 Å². The van der Waals surface area contributed by atoms with Crippen molar-refractivity contribution in [1.82, 2.24) is 14.5 Å². The van der Waals surface area contributed by atoms with Gasteiger partial charge in [-0.05, 0) is 96.9 Å². The van der Waals surface area contributed by atoms with Crippen molar-refractivity contribution in [2.24, 2.45) is 0 Å². The number of fused-ring (bicyclic) bond motifs is 4. The summed E-state index contributed by atoms with van der Waals surface area (Å²) in [6.07, 6.45) is 1.95. The topological polar surface area (TPSA) is 43.9 Å². The van der Waals surface area contributed by atoms with E-state index in [4.69, 9.17) is 9.40 Å². The molecule has 12 rings (SSSR count). The minimum atomic E-state index is -0.232. The molecule has 0 fully saturated rings. The van der Waals surface area contributed by atoms with Crippen molar-refractivity contribution in [2.75, 3.05) is 0 Å². The van der Waals surface area contributed by atoms with E-state index in [0.717, 1.165) is 83.6 Å². The maximum absolute atomic E-state index is 6.83. The Labute approximate surface area is 442 Å². The Morgan fingerprint density at radius 2 is 1.08 bits per heavy atom. The fourth-order valence-corrected chi connectivity index (χ4v) is 9.62. The smallest absolute Gasteiger partial charge is 0.121 e. The van der Waals surface area contributed by atoms with Gasteiger partial charge in [-0.1, -0.05) is 204 Å². The van der Waals surface area contributed by atoms with Gasteiger partial charge >= 0.3 is 0 Å². The van der Waals surface area contributed by atoms with Gasteiger partial charge in [0.05, 0.1) is 28.1 Å². The van der Waals surface area contributed by atoms with E-state index < -0.39 is 0 Å². The minimum absolute atomic E-state index is 0. The van der Waals surface area contributed by atoms with E-state index in [9.17, 15) is 0 Å². The van der Waals surface area contributed by atoms with Gasteiger partial charge in [0.1, 0.15) is 5.58 Å². The van der Waals surface area contributed by atoms with Crippen LogP contribution >= 0.6 is 0 Å². The van der Waals surface area contributed by atoms with Gasteiger partial charge in [-0.25, -0.2) is 0 Å². The Hall–Kier alpha value is -7.95. The van der Waals surface area contributed by atoms with Gasteiger partial charge in [0, 0.05) is 37.3 Å². The zero-order valence-corrected chi connectivity index (χ0v) is 44.3. The SMILES string of the molecule is CC(C)(C)c1cc(-c2ccc(-c3ccccc3)cc2)cc(-c2ccccc2)c1-n1c(-c2[c-]ccc3c2oc2cc(-c4ccccc4)ccc23)nc2ccccc21.CC(C)(C)c1ccc(-c2[c-]cccc2)nc1.[Ir]. The normalized spacial score (nSPS) is 11.6. The number of hydrogen-bond acceptors (Lipinski definition) is 3. The molecular formula is C68H55IrN3O-2. The Bertz CT molecular complexity index is 3830. The summed E-state index contributed by atoms with van der Waals surface area (Å²) in [6, 6.07) is 83.4. The number of imidazole rings is 1. The number of aromatic nitrogens is 3. The van der Waals surface area contributed by atoms with Crippen LogP contribution in [0.25, 0.3) is 106 Å². The molecule has 73 heavy (non-hydrogen) atoms. The Kier molecular flexibility index (Phi) is 13.5. The Morgan fingerprint density at radius 1 is 0.479 bits per heavy atom. The third kappa shape index (κ3) is 9.87. The predicted octanol–water partition coefficient (Wildman–Crippen LogP) is 18.2. The fraction of sp³-hybridized carbons (Fsp3) is 0.118. The molecule has 0 bridgehead atoms. The van der Waals surface area contributed by atoms with Crippen LogP contribution in [-0.4, -0.2) is 14.5 Å². The van der Waals surface area contributed by atoms with E-state index >= 15 is 0 Å². The zero-order chi connectivity index (χ0) is 49.4. The number of para-hydroxylation sites is 2. The predicted molar refractivity (Wildman–Crippen MR) is 300 cm³/mol. The van der Waals surface area contributed by atoms with E-state index in [1.807, 2.05) is 42.6 Å². The third-order valence-electron chi connectivity index (χ3n) is 13.5. The molecule has 5 heteroatoms. The summed E-state index contributed by atoms with van der Waals surface area (Å²) >= 11 is 0. The average molecular weight is 1120 g/mol. The molecule has 0 aliphatic rings. The second-order valence-electron chi connectivity index (χ2n) is 20.5. The van der Waals surface area contributed by atoms with Crippen LogP contribution in [0.3, 0.4) is 0 Å². The molecule has 1 radical (unpaired) electrons. The molecular weight excluding hydrogens is 1070 g/mol. The number of hydrogen-bond donors (Lipinski definition) is 0. The molecule has 0 saturated heterocycles. The molecule has 0 saturated carbocycles. The van der Waals surface area contributed by atoms with Gasteiger partial charge in [0.25, 0.3) is 0 Å². The molecule has 3 heterocycles. The molecule has 0 aliphatic carbocycles. The first-order chi connectivity index (χ1) is 35.0. The van der Waals surface area contributed by atoms with Gasteiger partial charge in [-0.15, -0.1) is 54.1 Å². The molecule has 359 valence electrons. The van der Waals surface area contributed by atoms with Crippen LogP contribution in [-0.2, 0) is 30.9 Å². The Morgan fingerprint density at radius 3 is 1.71 bits per heavy atom. The van der Waals surface area contributed by atoms with E-state index in [1.54, 1.807) is 0 Å². The van der Waals surface area contributed by atoms with Gasteiger partial charge in [0.2, 0.25) is 0 Å². The molecule has 0 spiro atoms. The van der Waals surface area contributed by atoms with Crippen molar-refractivity contribution in [2.45, 2.75) is 52.4 Å². The summed E-state index contributed by atoms with van der Waals surface area (Å²) in [5.74, 6) is 0.793. The summed E-state index contributed by atoms with van der Waals surface area (Å²) in [6.45, 7) is 13.5. The van der Waals surface area contributed by atoms with Gasteiger partial charge in [-0.3, -0.25) is 4.98 Å². The van der Waals surface area contributed by atoms with Crippen LogP contribution in [0.1, 0.15) is 52.7 Å². The Balaban J connectivity index is 0.000000307. The molecule has 9 aromatic carbocycles. The van der Waals surface area contributed by atoms with Crippen molar-refractivity contribution in [1.29, 1.82) is 0 Å². The molecule has 0 aliphatic heterocycles. The first-order valence-corrected chi connectivity index (χ1v) is 24.7. The van der Waals surface area contributed by atoms with E-state index in [2.05, 4.69) is 245 Å². The number of pyridine rings is 1. The zero-order valence-electron chi connectivity index (χ0n) is 41.9. The molecule has 4 nitrogen and oxygen atoms in total. The fourth-order valence-electron chi connectivity index (χ4n) is 9.62. The number of benzene rings is 9. The molecule has 0 N–H and O–H groups in total. The molecule has 12 aromatic rings. The van der Waals surface area contributed by atoms with E-state index in [0.29, 0.717) is 0 Å². The number of nitrogens with zero attached hydrogens (tertiary/aromatic N) is 3. The summed E-state index contributed by atoms with van der Waals surface area (Å²) in [7, 11) is 0. The summed E-state index contributed by atoms with van der Waals surface area (Å²) in [4.78, 5) is 9.88. The standard InChI is InChI=1S/C53H39N2O.C15H16N.Ir/c1-53(2,3)46-33-41(38-28-26-37(27-29-38)35-16-7-4-8-17-35)32-45(39-20-11-6-12-21-39)50(46)55-48-25-14-13-24-47(48)54-52(55)44-23-15-22-43-42-31-30-40(34-49(42)56-51(43)44)36-18-9-5-10-19-36;1-15(2,3)13-9-10-14(16-11-13)12-7-5-4-6-8-12;/h4-22,24-34H,1-3H3;4-7,9-11H,1-3H3;/q2*-1;. The van der Waals surface area contributed by atoms with Crippen LogP contribution in [0.15, 0.2) is 229 Å². The van der Waals surface area contributed by atoms with Crippen LogP contribution in [0.4, 0.5) is 0 Å². The second kappa shape index (κ2) is 20.3. The summed E-state index contributed by atoms with van der Waals surface area (Å²) < 4.78 is 9.19. The molecule has 0 unspecified atom stereocenters. The average Bonchev–Trinajstić information content (AvgIpc) is 4.00. The van der Waals surface area contributed by atoms with Gasteiger partial charge in [-0.2, -0.15) is 0 Å². The van der Waals surface area contributed by atoms with Gasteiger partial charge < -0.3 is 14.0 Å². The van der Waals surface area contributed by atoms with E-state index in [1.165, 1.54) is 33.4 Å². The van der Waals surface area contributed by atoms with Crippen LogP contribution in [0.2, 0.25) is 0 Å². The van der Waals surface area contributed by atoms with Crippen molar-refractivity contribution >= 4 is 33.0 Å². The van der Waals surface area contributed by atoms with E-state index in [-0.39, 0.29) is 30.9 Å². The van der Waals surface area contributed by atoms with Gasteiger partial charge in [0.15, 0.2) is 0 Å². The molecule has 0 atom stereocenters. The first-order valence-electron chi connectivity index (χ1n) is 24.7. The van der Waals surface area contributed by atoms with Crippen LogP contribution < -0.4 is 0 Å². The van der Waals surface area contributed by atoms with Crippen molar-refractivity contribution in [3.63, 3.8) is 0 Å². The number of rotatable bonds is 7. The monoisotopic (exact) mass is 1120 g/mol. The van der Waals surface area contributed by atoms with Crippen molar-refractivity contribution in [3.8, 4) is 72.8 Å². The molecule has 0 amide bonds. The third-order valence-corrected chi connectivity index (χ3v) is 13.5.